The predicted molar refractivity (Wildman–Crippen MR) is 171 cm³/mol. The van der Waals surface area contributed by atoms with E-state index in [9.17, 15) is 19.5 Å². The summed E-state index contributed by atoms with van der Waals surface area (Å²) in [5.41, 5.74) is 0.245. The van der Waals surface area contributed by atoms with E-state index in [0.717, 1.165) is 5.56 Å². The third-order valence-corrected chi connectivity index (χ3v) is 10.0. The Balaban J connectivity index is 1.59. The summed E-state index contributed by atoms with van der Waals surface area (Å²) in [6.07, 6.45) is 4.48. The lowest BCUT2D eigenvalue weighted by Crippen LogP contribution is -2.60. The van der Waals surface area contributed by atoms with Crippen LogP contribution >= 0.6 is 11.6 Å². The third-order valence-electron chi connectivity index (χ3n) is 9.70. The van der Waals surface area contributed by atoms with E-state index in [2.05, 4.69) is 13.2 Å². The number of anilines is 1. The van der Waals surface area contributed by atoms with E-state index >= 15 is 0 Å². The summed E-state index contributed by atoms with van der Waals surface area (Å²) in [6, 6.07) is 15.1. The van der Waals surface area contributed by atoms with Crippen molar-refractivity contribution in [1.29, 1.82) is 0 Å². The Bertz CT molecular complexity index is 1400. The maximum atomic E-state index is 14.8. The zero-order valence-electron chi connectivity index (χ0n) is 25.5. The summed E-state index contributed by atoms with van der Waals surface area (Å²) in [4.78, 5) is 48.7. The number of amides is 3. The highest BCUT2D eigenvalue weighted by molar-refractivity contribution is 6.34. The second kappa shape index (κ2) is 13.3. The zero-order valence-corrected chi connectivity index (χ0v) is 26.2. The second-order valence-electron chi connectivity index (χ2n) is 12.1. The van der Waals surface area contributed by atoms with Crippen LogP contribution < -0.4 is 4.90 Å². The molecule has 2 bridgehead atoms. The molecule has 3 fully saturated rings. The highest BCUT2D eigenvalue weighted by Gasteiger charge is 2.75. The number of aliphatic hydroxyl groups excluding tert-OH is 1. The van der Waals surface area contributed by atoms with Crippen molar-refractivity contribution in [3.05, 3.63) is 90.5 Å². The van der Waals surface area contributed by atoms with Crippen LogP contribution in [0.2, 0.25) is 5.02 Å². The Labute approximate surface area is 264 Å². The van der Waals surface area contributed by atoms with Crippen molar-refractivity contribution >= 4 is 35.0 Å². The number of carbonyl (C=O) groups is 3. The number of nitrogens with zero attached hydrogens (tertiary/aromatic N) is 3. The molecular weight excluding hydrogens is 578 g/mol. The van der Waals surface area contributed by atoms with E-state index in [1.165, 1.54) is 4.90 Å². The van der Waals surface area contributed by atoms with Gasteiger partial charge in [0.2, 0.25) is 11.8 Å². The van der Waals surface area contributed by atoms with Crippen LogP contribution in [0.4, 0.5) is 5.69 Å². The highest BCUT2D eigenvalue weighted by Crippen LogP contribution is 2.59. The van der Waals surface area contributed by atoms with Crippen molar-refractivity contribution in [3.8, 4) is 0 Å². The van der Waals surface area contributed by atoms with Crippen molar-refractivity contribution in [2.24, 2.45) is 17.8 Å². The predicted octanol–water partition coefficient (Wildman–Crippen LogP) is 4.86. The summed E-state index contributed by atoms with van der Waals surface area (Å²) in [6.45, 7) is 12.2. The topological polar surface area (TPSA) is 90.4 Å². The molecule has 44 heavy (non-hydrogen) atoms. The van der Waals surface area contributed by atoms with Crippen LogP contribution in [0, 0.1) is 17.8 Å². The van der Waals surface area contributed by atoms with Gasteiger partial charge in [0, 0.05) is 19.6 Å². The lowest BCUT2D eigenvalue weighted by atomic mass is 9.70. The fraction of sp³-hybridized carbons (Fsp3) is 0.457. The van der Waals surface area contributed by atoms with Gasteiger partial charge in [0.05, 0.1) is 41.3 Å². The van der Waals surface area contributed by atoms with Crippen LogP contribution in [0.25, 0.3) is 0 Å². The lowest BCUT2D eigenvalue weighted by molar-refractivity contribution is -0.148. The Morgan fingerprint density at radius 3 is 2.43 bits per heavy atom. The van der Waals surface area contributed by atoms with Gasteiger partial charge in [-0.3, -0.25) is 14.4 Å². The normalized spacial score (nSPS) is 26.6. The van der Waals surface area contributed by atoms with Crippen molar-refractivity contribution in [3.63, 3.8) is 0 Å². The number of hydrogen-bond acceptors (Lipinski definition) is 5. The number of aliphatic hydroxyl groups is 1. The molecule has 234 valence electrons. The summed E-state index contributed by atoms with van der Waals surface area (Å²) in [5.74, 6) is -2.60. The standard InChI is InChI=1S/C35H42ClN3O5/c1-5-19-37(21-24-13-9-8-10-14-24)32(41)29-28-17-18-35(44-28)30(29)33(42)39(27(22-40)23(4)7-3)31(35)34(43)38(20-6-2)26-16-12-11-15-25(26)36/h5-6,8-16,23,27-31,40H,1-2,7,17-22H2,3-4H3/t23-,27-,28+,29-,30-,31?,35?/m0/s1. The molecule has 0 saturated carbocycles. The van der Waals surface area contributed by atoms with Gasteiger partial charge in [0.15, 0.2) is 0 Å². The summed E-state index contributed by atoms with van der Waals surface area (Å²) in [5, 5.41) is 11.0. The number of carbonyl (C=O) groups excluding carboxylic acids is 3. The van der Waals surface area contributed by atoms with Crippen LogP contribution in [0.1, 0.15) is 38.7 Å². The first-order valence-corrected chi connectivity index (χ1v) is 15.8. The van der Waals surface area contributed by atoms with Gasteiger partial charge >= 0.3 is 0 Å². The molecule has 3 heterocycles. The molecule has 2 aromatic rings. The molecule has 8 nitrogen and oxygen atoms in total. The maximum absolute atomic E-state index is 14.8. The molecule has 2 unspecified atom stereocenters. The van der Waals surface area contributed by atoms with E-state index in [4.69, 9.17) is 16.3 Å². The van der Waals surface area contributed by atoms with Gasteiger partial charge in [-0.2, -0.15) is 0 Å². The second-order valence-corrected chi connectivity index (χ2v) is 12.5. The van der Waals surface area contributed by atoms with E-state index in [-0.39, 0.29) is 36.8 Å². The van der Waals surface area contributed by atoms with Gasteiger partial charge in [-0.05, 0) is 36.5 Å². The number of benzene rings is 2. The smallest absolute Gasteiger partial charge is 0.253 e. The number of halogens is 1. The van der Waals surface area contributed by atoms with Gasteiger partial charge in [-0.15, -0.1) is 13.2 Å². The molecule has 7 atom stereocenters. The summed E-state index contributed by atoms with van der Waals surface area (Å²) < 4.78 is 6.71. The Hall–Kier alpha value is -3.46. The molecule has 0 aromatic heterocycles. The van der Waals surface area contributed by atoms with Crippen LogP contribution in [0.3, 0.4) is 0 Å². The van der Waals surface area contributed by atoms with Crippen molar-refractivity contribution in [2.75, 3.05) is 24.6 Å². The molecule has 0 aliphatic carbocycles. The van der Waals surface area contributed by atoms with Gasteiger partial charge in [-0.1, -0.05) is 86.5 Å². The summed E-state index contributed by atoms with van der Waals surface area (Å²) in [7, 11) is 0. The lowest BCUT2D eigenvalue weighted by Gasteiger charge is -2.41. The minimum absolute atomic E-state index is 0.107. The average molecular weight is 620 g/mol. The monoisotopic (exact) mass is 619 g/mol. The number of ether oxygens (including phenoxy) is 1. The molecular formula is C35H42ClN3O5. The van der Waals surface area contributed by atoms with Gasteiger partial charge in [0.25, 0.3) is 5.91 Å². The number of fused-ring (bicyclic) bond motifs is 1. The molecule has 0 radical (unpaired) electrons. The maximum Gasteiger partial charge on any atom is 0.253 e. The van der Waals surface area contributed by atoms with Crippen LogP contribution in [0.5, 0.6) is 0 Å². The first-order chi connectivity index (χ1) is 21.2. The molecule has 3 aliphatic rings. The largest absolute Gasteiger partial charge is 0.394 e. The molecule has 2 aromatic carbocycles. The van der Waals surface area contributed by atoms with Crippen molar-refractivity contribution in [2.45, 2.75) is 63.4 Å². The number of para-hydroxylation sites is 1. The van der Waals surface area contributed by atoms with Crippen LogP contribution in [-0.2, 0) is 25.7 Å². The molecule has 3 aliphatic heterocycles. The SMILES string of the molecule is C=CCN(Cc1ccccc1)C(=O)[C@@H]1[C@H]2C(=O)N([C@@H](CO)[C@@H](C)CC)C(C(=O)N(CC=C)c3ccccc3Cl)C23CC[C@H]1O3. The van der Waals surface area contributed by atoms with Gasteiger partial charge < -0.3 is 24.5 Å². The van der Waals surface area contributed by atoms with E-state index < -0.39 is 35.6 Å². The zero-order chi connectivity index (χ0) is 31.6. The third kappa shape index (κ3) is 5.37. The Kier molecular flexibility index (Phi) is 9.63. The molecule has 3 saturated heterocycles. The van der Waals surface area contributed by atoms with E-state index in [1.54, 1.807) is 46.2 Å². The minimum atomic E-state index is -1.21. The van der Waals surface area contributed by atoms with Gasteiger partial charge in [-0.25, -0.2) is 0 Å². The van der Waals surface area contributed by atoms with Gasteiger partial charge in [0.1, 0.15) is 11.6 Å². The molecule has 5 rings (SSSR count). The molecule has 3 amide bonds. The van der Waals surface area contributed by atoms with Crippen molar-refractivity contribution < 1.29 is 24.2 Å². The van der Waals surface area contributed by atoms with E-state index in [0.29, 0.717) is 43.1 Å². The molecule has 1 N–H and O–H groups in total. The Morgan fingerprint density at radius 1 is 1.11 bits per heavy atom. The Morgan fingerprint density at radius 2 is 1.80 bits per heavy atom. The molecule has 1 spiro atoms. The highest BCUT2D eigenvalue weighted by atomic mass is 35.5. The average Bonchev–Trinajstić information content (AvgIpc) is 3.68. The minimum Gasteiger partial charge on any atom is -0.394 e. The molecule has 9 heteroatoms. The number of rotatable bonds is 13. The summed E-state index contributed by atoms with van der Waals surface area (Å²) >= 11 is 6.58. The van der Waals surface area contributed by atoms with E-state index in [1.807, 2.05) is 44.2 Å². The number of hydrogen-bond donors (Lipinski definition) is 1. The fourth-order valence-electron chi connectivity index (χ4n) is 7.48. The van der Waals surface area contributed by atoms with Crippen molar-refractivity contribution in [1.82, 2.24) is 9.80 Å². The van der Waals surface area contributed by atoms with Crippen LogP contribution in [-0.4, -0.2) is 76.1 Å². The fourth-order valence-corrected chi connectivity index (χ4v) is 7.72. The first kappa shape index (κ1) is 31.9. The quantitative estimate of drug-likeness (QED) is 0.324. The first-order valence-electron chi connectivity index (χ1n) is 15.4. The number of likely N-dealkylation sites (tertiary alicyclic amines) is 1. The van der Waals surface area contributed by atoms with Crippen LogP contribution in [0.15, 0.2) is 79.9 Å².